The van der Waals surface area contributed by atoms with E-state index in [0.29, 0.717) is 11.3 Å². The monoisotopic (exact) mass is 293 g/mol. The van der Waals surface area contributed by atoms with Crippen LogP contribution in [-0.2, 0) is 4.74 Å². The van der Waals surface area contributed by atoms with Crippen molar-refractivity contribution in [2.24, 2.45) is 17.1 Å². The number of rotatable bonds is 5. The van der Waals surface area contributed by atoms with E-state index in [4.69, 9.17) is 14.9 Å². The first-order chi connectivity index (χ1) is 9.80. The van der Waals surface area contributed by atoms with E-state index in [2.05, 4.69) is 27.7 Å². The fraction of sp³-hybridized carbons (Fsp3) is 0.778. The van der Waals surface area contributed by atoms with Gasteiger partial charge < -0.3 is 14.9 Å². The van der Waals surface area contributed by atoms with Gasteiger partial charge in [0.05, 0.1) is 6.10 Å². The summed E-state index contributed by atoms with van der Waals surface area (Å²) in [7, 11) is 0. The largest absolute Gasteiger partial charge is 0.464 e. The Kier molecular flexibility index (Phi) is 5.15. The topological polar surface area (TPSA) is 48.4 Å². The molecule has 1 aliphatic carbocycles. The summed E-state index contributed by atoms with van der Waals surface area (Å²) in [5.41, 5.74) is 6.64. The van der Waals surface area contributed by atoms with Crippen molar-refractivity contribution in [2.45, 2.75) is 78.6 Å². The predicted molar refractivity (Wildman–Crippen MR) is 86.1 cm³/mol. The summed E-state index contributed by atoms with van der Waals surface area (Å²) in [5, 5.41) is 0. The van der Waals surface area contributed by atoms with Crippen LogP contribution in [-0.4, -0.2) is 12.1 Å². The van der Waals surface area contributed by atoms with Gasteiger partial charge in [0, 0.05) is 6.04 Å². The van der Waals surface area contributed by atoms with Crippen molar-refractivity contribution in [1.82, 2.24) is 0 Å². The van der Waals surface area contributed by atoms with Crippen LogP contribution in [0.2, 0.25) is 0 Å². The molecule has 0 radical (unpaired) electrons. The van der Waals surface area contributed by atoms with E-state index >= 15 is 0 Å². The van der Waals surface area contributed by atoms with Gasteiger partial charge in [-0.2, -0.15) is 0 Å². The lowest BCUT2D eigenvalue weighted by molar-refractivity contribution is -0.0832. The number of ether oxygens (including phenoxy) is 1. The molecule has 1 saturated carbocycles. The van der Waals surface area contributed by atoms with E-state index in [1.165, 1.54) is 6.42 Å². The Bertz CT molecular complexity index is 452. The molecule has 0 aromatic carbocycles. The molecule has 21 heavy (non-hydrogen) atoms. The maximum atomic E-state index is 6.43. The van der Waals surface area contributed by atoms with Crippen molar-refractivity contribution in [3.05, 3.63) is 23.7 Å². The summed E-state index contributed by atoms with van der Waals surface area (Å²) in [5.74, 6) is 2.49. The van der Waals surface area contributed by atoms with E-state index < -0.39 is 0 Å². The summed E-state index contributed by atoms with van der Waals surface area (Å²) < 4.78 is 12.2. The summed E-state index contributed by atoms with van der Waals surface area (Å²) in [6.45, 7) is 11.1. The van der Waals surface area contributed by atoms with Crippen molar-refractivity contribution in [1.29, 1.82) is 0 Å². The summed E-state index contributed by atoms with van der Waals surface area (Å²) in [6.07, 6.45) is 4.53. The lowest BCUT2D eigenvalue weighted by Gasteiger charge is -2.40. The molecule has 0 amide bonds. The maximum absolute atomic E-state index is 6.43. The van der Waals surface area contributed by atoms with Crippen LogP contribution < -0.4 is 5.73 Å². The van der Waals surface area contributed by atoms with Crippen molar-refractivity contribution in [3.63, 3.8) is 0 Å². The van der Waals surface area contributed by atoms with E-state index in [-0.39, 0.29) is 18.2 Å². The van der Waals surface area contributed by atoms with Crippen LogP contribution in [0.15, 0.2) is 16.5 Å². The van der Waals surface area contributed by atoms with Crippen LogP contribution in [0.3, 0.4) is 0 Å². The molecule has 120 valence electrons. The molecule has 2 N–H and O–H groups in total. The molecule has 0 saturated heterocycles. The lowest BCUT2D eigenvalue weighted by atomic mass is 9.71. The zero-order chi connectivity index (χ0) is 15.6. The average Bonchev–Trinajstić information content (AvgIpc) is 2.79. The summed E-state index contributed by atoms with van der Waals surface area (Å²) in [6, 6.07) is 3.98. The van der Waals surface area contributed by atoms with Crippen LogP contribution in [0.25, 0.3) is 0 Å². The van der Waals surface area contributed by atoms with Gasteiger partial charge in [-0.25, -0.2) is 0 Å². The van der Waals surface area contributed by atoms with Gasteiger partial charge in [0.15, 0.2) is 0 Å². The highest BCUT2D eigenvalue weighted by Gasteiger charge is 2.35. The molecule has 1 fully saturated rings. The van der Waals surface area contributed by atoms with Gasteiger partial charge >= 0.3 is 0 Å². The lowest BCUT2D eigenvalue weighted by Crippen LogP contribution is -2.37. The molecule has 0 aliphatic heterocycles. The number of nitrogens with two attached hydrogens (primary N) is 1. The zero-order valence-electron chi connectivity index (χ0n) is 14.2. The van der Waals surface area contributed by atoms with Crippen LogP contribution in [0.5, 0.6) is 0 Å². The molecule has 1 aromatic heterocycles. The molecular weight excluding hydrogens is 262 g/mol. The molecule has 3 heteroatoms. The molecule has 1 aromatic rings. The van der Waals surface area contributed by atoms with Gasteiger partial charge in [-0.1, -0.05) is 27.7 Å². The fourth-order valence-corrected chi connectivity index (χ4v) is 3.77. The van der Waals surface area contributed by atoms with Crippen molar-refractivity contribution in [3.8, 4) is 0 Å². The zero-order valence-corrected chi connectivity index (χ0v) is 14.2. The van der Waals surface area contributed by atoms with E-state index in [1.807, 2.05) is 19.1 Å². The second kappa shape index (κ2) is 6.53. The van der Waals surface area contributed by atoms with Gasteiger partial charge in [0.1, 0.15) is 17.6 Å². The first-order valence-corrected chi connectivity index (χ1v) is 8.28. The number of aryl methyl sites for hydroxylation is 1. The van der Waals surface area contributed by atoms with E-state index in [1.54, 1.807) is 0 Å². The first kappa shape index (κ1) is 16.6. The molecule has 4 atom stereocenters. The molecule has 0 bridgehead atoms. The number of furan rings is 1. The Morgan fingerprint density at radius 3 is 2.62 bits per heavy atom. The highest BCUT2D eigenvalue weighted by molar-refractivity contribution is 5.10. The molecule has 3 nitrogen and oxygen atoms in total. The van der Waals surface area contributed by atoms with Gasteiger partial charge in [-0.05, 0) is 56.1 Å². The van der Waals surface area contributed by atoms with Crippen molar-refractivity contribution >= 4 is 0 Å². The molecule has 2 rings (SSSR count). The molecular formula is C18H31NO2. The Morgan fingerprint density at radius 1 is 1.38 bits per heavy atom. The minimum atomic E-state index is -0.130. The minimum absolute atomic E-state index is 0.0177. The number of hydrogen-bond acceptors (Lipinski definition) is 3. The average molecular weight is 293 g/mol. The second-order valence-corrected chi connectivity index (χ2v) is 7.61. The Morgan fingerprint density at radius 2 is 2.10 bits per heavy atom. The highest BCUT2D eigenvalue weighted by Crippen LogP contribution is 2.41. The number of hydrogen-bond donors (Lipinski definition) is 1. The highest BCUT2D eigenvalue weighted by atomic mass is 16.5. The van der Waals surface area contributed by atoms with Crippen LogP contribution in [0.1, 0.15) is 71.0 Å². The van der Waals surface area contributed by atoms with Gasteiger partial charge in [-0.15, -0.1) is 0 Å². The van der Waals surface area contributed by atoms with Crippen molar-refractivity contribution in [2.75, 3.05) is 0 Å². The molecule has 4 unspecified atom stereocenters. The Hall–Kier alpha value is -0.800. The predicted octanol–water partition coefficient (Wildman–Crippen LogP) is 4.60. The van der Waals surface area contributed by atoms with Crippen molar-refractivity contribution < 1.29 is 9.15 Å². The maximum Gasteiger partial charge on any atom is 0.134 e. The SMILES string of the molecule is CCC(N)C(OC1CC(C)CC(C)(C)C1)c1ccc(C)o1. The standard InChI is InChI=1S/C18H31NO2/c1-6-15(19)17(16-8-7-13(3)20-16)21-14-9-12(2)10-18(4,5)11-14/h7-8,12,14-15,17H,6,9-11,19H2,1-5H3. The third-order valence-electron chi connectivity index (χ3n) is 4.59. The Balaban J connectivity index is 2.11. The quantitative estimate of drug-likeness (QED) is 0.863. The van der Waals surface area contributed by atoms with Crippen LogP contribution in [0.4, 0.5) is 0 Å². The molecule has 0 spiro atoms. The summed E-state index contributed by atoms with van der Waals surface area (Å²) in [4.78, 5) is 0. The third kappa shape index (κ3) is 4.33. The fourth-order valence-electron chi connectivity index (χ4n) is 3.77. The summed E-state index contributed by atoms with van der Waals surface area (Å²) >= 11 is 0. The normalized spacial score (nSPS) is 28.3. The second-order valence-electron chi connectivity index (χ2n) is 7.61. The van der Waals surface area contributed by atoms with Gasteiger partial charge in [-0.3, -0.25) is 0 Å². The first-order valence-electron chi connectivity index (χ1n) is 8.28. The van der Waals surface area contributed by atoms with E-state index in [9.17, 15) is 0 Å². The Labute approximate surface area is 129 Å². The third-order valence-corrected chi connectivity index (χ3v) is 4.59. The minimum Gasteiger partial charge on any atom is -0.464 e. The van der Waals surface area contributed by atoms with Gasteiger partial charge in [0.2, 0.25) is 0 Å². The van der Waals surface area contributed by atoms with Crippen LogP contribution in [0, 0.1) is 18.3 Å². The van der Waals surface area contributed by atoms with E-state index in [0.717, 1.165) is 30.8 Å². The van der Waals surface area contributed by atoms with Crippen LogP contribution >= 0.6 is 0 Å². The smallest absolute Gasteiger partial charge is 0.134 e. The van der Waals surface area contributed by atoms with Gasteiger partial charge in [0.25, 0.3) is 0 Å². The molecule has 1 aliphatic rings. The molecule has 1 heterocycles.